The van der Waals surface area contributed by atoms with E-state index in [1.165, 1.54) is 0 Å². The third-order valence-electron chi connectivity index (χ3n) is 4.37. The number of carboxylic acid groups (broad SMARTS) is 1. The standard InChI is InChI=1S/C12H15N3O5/c16-9-4-13-12(20)14(9)5-10(17)15-6-1-2-8(15)7(3-6)11(18)19/h6-8H,1-5H2,(H,13,20)(H,18,19). The first-order valence-electron chi connectivity index (χ1n) is 6.61. The van der Waals surface area contributed by atoms with Gasteiger partial charge in [0.15, 0.2) is 0 Å². The van der Waals surface area contributed by atoms with Gasteiger partial charge in [-0.05, 0) is 19.3 Å². The first kappa shape index (κ1) is 12.9. The van der Waals surface area contributed by atoms with Gasteiger partial charge < -0.3 is 15.3 Å². The maximum Gasteiger partial charge on any atom is 0.325 e. The van der Waals surface area contributed by atoms with E-state index in [0.717, 1.165) is 11.3 Å². The van der Waals surface area contributed by atoms with Crippen LogP contribution in [0.25, 0.3) is 0 Å². The number of nitrogens with zero attached hydrogens (tertiary/aromatic N) is 2. The lowest BCUT2D eigenvalue weighted by Gasteiger charge is -2.24. The van der Waals surface area contributed by atoms with E-state index in [1.807, 2.05) is 0 Å². The van der Waals surface area contributed by atoms with E-state index in [0.29, 0.717) is 12.8 Å². The first-order valence-corrected chi connectivity index (χ1v) is 6.61. The largest absolute Gasteiger partial charge is 0.481 e. The molecule has 3 aliphatic heterocycles. The second kappa shape index (κ2) is 4.46. The van der Waals surface area contributed by atoms with E-state index in [1.54, 1.807) is 4.90 Å². The minimum absolute atomic E-state index is 0.0747. The highest BCUT2D eigenvalue weighted by atomic mass is 16.4. The normalized spacial score (nSPS) is 31.9. The number of nitrogens with one attached hydrogen (secondary N) is 1. The lowest BCUT2D eigenvalue weighted by Crippen LogP contribution is -2.45. The van der Waals surface area contributed by atoms with Crippen LogP contribution in [-0.4, -0.2) is 63.9 Å². The Labute approximate surface area is 114 Å². The van der Waals surface area contributed by atoms with Gasteiger partial charge in [-0.2, -0.15) is 0 Å². The maximum absolute atomic E-state index is 12.3. The summed E-state index contributed by atoms with van der Waals surface area (Å²) in [5, 5.41) is 11.5. The molecule has 3 unspecified atom stereocenters. The van der Waals surface area contributed by atoms with E-state index in [9.17, 15) is 19.2 Å². The smallest absolute Gasteiger partial charge is 0.325 e. The van der Waals surface area contributed by atoms with Crippen LogP contribution in [0, 0.1) is 5.92 Å². The van der Waals surface area contributed by atoms with Gasteiger partial charge in [0.1, 0.15) is 6.54 Å². The summed E-state index contributed by atoms with van der Waals surface area (Å²) in [5.41, 5.74) is 0. The lowest BCUT2D eigenvalue weighted by atomic mass is 9.89. The molecule has 3 fully saturated rings. The van der Waals surface area contributed by atoms with Gasteiger partial charge in [-0.25, -0.2) is 4.79 Å². The average Bonchev–Trinajstić information content (AvgIpc) is 3.06. The molecule has 0 aromatic rings. The summed E-state index contributed by atoms with van der Waals surface area (Å²) in [4.78, 5) is 48.8. The molecule has 4 amide bonds. The molecule has 3 atom stereocenters. The van der Waals surface area contributed by atoms with Crippen molar-refractivity contribution in [3.8, 4) is 0 Å². The maximum atomic E-state index is 12.3. The molecule has 0 aliphatic carbocycles. The minimum Gasteiger partial charge on any atom is -0.481 e. The third-order valence-corrected chi connectivity index (χ3v) is 4.37. The average molecular weight is 281 g/mol. The fourth-order valence-corrected chi connectivity index (χ4v) is 3.47. The van der Waals surface area contributed by atoms with Crippen LogP contribution in [0.3, 0.4) is 0 Å². The van der Waals surface area contributed by atoms with Gasteiger partial charge in [-0.15, -0.1) is 0 Å². The Hall–Kier alpha value is -2.12. The Morgan fingerprint density at radius 3 is 2.60 bits per heavy atom. The first-order chi connectivity index (χ1) is 9.49. The Kier molecular flexibility index (Phi) is 2.88. The van der Waals surface area contributed by atoms with Crippen LogP contribution in [0.2, 0.25) is 0 Å². The van der Waals surface area contributed by atoms with Gasteiger partial charge >= 0.3 is 12.0 Å². The fraction of sp³-hybridized carbons (Fsp3) is 0.667. The number of carboxylic acids is 1. The summed E-state index contributed by atoms with van der Waals surface area (Å²) in [6.45, 7) is -0.388. The molecule has 0 spiro atoms. The number of aliphatic carboxylic acids is 1. The molecule has 0 saturated carbocycles. The van der Waals surface area contributed by atoms with Crippen molar-refractivity contribution in [3.63, 3.8) is 0 Å². The molecule has 2 bridgehead atoms. The summed E-state index contributed by atoms with van der Waals surface area (Å²) in [6.07, 6.45) is 1.93. The van der Waals surface area contributed by atoms with E-state index in [4.69, 9.17) is 5.11 Å². The van der Waals surface area contributed by atoms with E-state index < -0.39 is 23.8 Å². The number of rotatable bonds is 3. The van der Waals surface area contributed by atoms with Gasteiger partial charge in [0.25, 0.3) is 5.91 Å². The number of carbonyl (C=O) groups is 4. The quantitative estimate of drug-likeness (QED) is 0.645. The zero-order chi connectivity index (χ0) is 14.4. The third kappa shape index (κ3) is 1.83. The van der Waals surface area contributed by atoms with Crippen molar-refractivity contribution in [2.45, 2.75) is 31.3 Å². The monoisotopic (exact) mass is 281 g/mol. The summed E-state index contributed by atoms with van der Waals surface area (Å²) in [7, 11) is 0. The lowest BCUT2D eigenvalue weighted by molar-refractivity contribution is -0.143. The van der Waals surface area contributed by atoms with E-state index >= 15 is 0 Å². The second-order valence-corrected chi connectivity index (χ2v) is 5.42. The highest BCUT2D eigenvalue weighted by Crippen LogP contribution is 2.41. The Morgan fingerprint density at radius 1 is 1.30 bits per heavy atom. The highest BCUT2D eigenvalue weighted by molar-refractivity contribution is 6.04. The summed E-state index contributed by atoms with van der Waals surface area (Å²) < 4.78 is 0. The molecule has 20 heavy (non-hydrogen) atoms. The van der Waals surface area contributed by atoms with E-state index in [2.05, 4.69) is 5.32 Å². The molecule has 0 aromatic carbocycles. The molecule has 0 aromatic heterocycles. The van der Waals surface area contributed by atoms with Gasteiger partial charge in [-0.3, -0.25) is 19.3 Å². The molecule has 2 N–H and O–H groups in total. The van der Waals surface area contributed by atoms with Crippen molar-refractivity contribution < 1.29 is 24.3 Å². The zero-order valence-corrected chi connectivity index (χ0v) is 10.7. The summed E-state index contributed by atoms with van der Waals surface area (Å²) in [5.74, 6) is -2.18. The Bertz CT molecular complexity index is 489. The number of fused-ring (bicyclic) bond motifs is 2. The van der Waals surface area contributed by atoms with Crippen LogP contribution in [0.15, 0.2) is 0 Å². The number of amides is 4. The number of imide groups is 1. The van der Waals surface area contributed by atoms with Gasteiger partial charge in [0.2, 0.25) is 5.91 Å². The zero-order valence-electron chi connectivity index (χ0n) is 10.7. The van der Waals surface area contributed by atoms with Crippen LogP contribution < -0.4 is 5.32 Å². The van der Waals surface area contributed by atoms with Crippen molar-refractivity contribution in [1.29, 1.82) is 0 Å². The van der Waals surface area contributed by atoms with Gasteiger partial charge in [-0.1, -0.05) is 0 Å². The Morgan fingerprint density at radius 2 is 2.05 bits per heavy atom. The van der Waals surface area contributed by atoms with Crippen molar-refractivity contribution in [3.05, 3.63) is 0 Å². The molecule has 3 saturated heterocycles. The molecule has 108 valence electrons. The van der Waals surface area contributed by atoms with Crippen LogP contribution in [0.4, 0.5) is 4.79 Å². The number of carbonyl (C=O) groups excluding carboxylic acids is 3. The summed E-state index contributed by atoms with van der Waals surface area (Å²) in [6, 6.07) is -0.940. The van der Waals surface area contributed by atoms with E-state index in [-0.39, 0.29) is 31.1 Å². The van der Waals surface area contributed by atoms with Crippen molar-refractivity contribution >= 4 is 23.8 Å². The van der Waals surface area contributed by atoms with Gasteiger partial charge in [0.05, 0.1) is 12.5 Å². The molecule has 8 heteroatoms. The molecule has 0 radical (unpaired) electrons. The number of urea groups is 1. The minimum atomic E-state index is -0.884. The van der Waals surface area contributed by atoms with Crippen LogP contribution in [0.1, 0.15) is 19.3 Å². The molecule has 3 heterocycles. The van der Waals surface area contributed by atoms with Crippen LogP contribution in [-0.2, 0) is 14.4 Å². The molecular weight excluding hydrogens is 266 g/mol. The van der Waals surface area contributed by atoms with Crippen LogP contribution in [0.5, 0.6) is 0 Å². The Balaban J connectivity index is 1.71. The summed E-state index contributed by atoms with van der Waals surface area (Å²) >= 11 is 0. The topological polar surface area (TPSA) is 107 Å². The molecule has 8 nitrogen and oxygen atoms in total. The second-order valence-electron chi connectivity index (χ2n) is 5.42. The van der Waals surface area contributed by atoms with Crippen molar-refractivity contribution in [1.82, 2.24) is 15.1 Å². The predicted molar refractivity (Wildman–Crippen MR) is 64.5 cm³/mol. The molecule has 3 rings (SSSR count). The van der Waals surface area contributed by atoms with Crippen LogP contribution >= 0.6 is 0 Å². The number of hydrogen-bond donors (Lipinski definition) is 2. The van der Waals surface area contributed by atoms with Gasteiger partial charge in [0, 0.05) is 12.1 Å². The number of hydrogen-bond acceptors (Lipinski definition) is 4. The predicted octanol–water partition coefficient (Wildman–Crippen LogP) is -0.998. The molecular formula is C12H15N3O5. The highest BCUT2D eigenvalue weighted by Gasteiger charge is 2.51. The van der Waals surface area contributed by atoms with Crippen molar-refractivity contribution in [2.24, 2.45) is 5.92 Å². The fourth-order valence-electron chi connectivity index (χ4n) is 3.47. The van der Waals surface area contributed by atoms with Crippen molar-refractivity contribution in [2.75, 3.05) is 13.1 Å². The molecule has 3 aliphatic rings. The SMILES string of the molecule is O=C(O)C1CC2CCC1N2C(=O)CN1C(=O)CNC1=O.